The van der Waals surface area contributed by atoms with Gasteiger partial charge in [0, 0.05) is 5.41 Å². The van der Waals surface area contributed by atoms with Gasteiger partial charge in [0.2, 0.25) is 0 Å². The number of hydrogen-bond donors (Lipinski definition) is 0. The highest BCUT2D eigenvalue weighted by Gasteiger charge is 2.40. The van der Waals surface area contributed by atoms with Crippen LogP contribution in [0, 0.1) is 0 Å². The zero-order valence-corrected chi connectivity index (χ0v) is 17.7. The van der Waals surface area contributed by atoms with E-state index < -0.39 is 0 Å². The molecule has 1 aliphatic carbocycles. The van der Waals surface area contributed by atoms with Crippen molar-refractivity contribution in [2.45, 2.75) is 40.0 Å². The molecule has 0 spiro atoms. The molecule has 0 heterocycles. The van der Waals surface area contributed by atoms with Crippen LogP contribution in [-0.4, -0.2) is 0 Å². The lowest BCUT2D eigenvalue weighted by Gasteiger charge is -2.29. The molecule has 5 rings (SSSR count). The SMILES string of the molecule is CC.CC.CC1(c2cccc3ccccc23)c2ccccc2-c2ccccc21. The Labute approximate surface area is 169 Å². The number of rotatable bonds is 1. The Kier molecular flexibility index (Phi) is 5.99. The predicted molar refractivity (Wildman–Crippen MR) is 124 cm³/mol. The summed E-state index contributed by atoms with van der Waals surface area (Å²) in [6, 6.07) is 33.1. The van der Waals surface area contributed by atoms with Crippen LogP contribution in [0.4, 0.5) is 0 Å². The van der Waals surface area contributed by atoms with Gasteiger partial charge in [-0.25, -0.2) is 0 Å². The molecule has 4 aromatic rings. The molecule has 0 aromatic heterocycles. The summed E-state index contributed by atoms with van der Waals surface area (Å²) < 4.78 is 0. The van der Waals surface area contributed by atoms with E-state index in [0.717, 1.165) is 0 Å². The van der Waals surface area contributed by atoms with Gasteiger partial charge in [0.15, 0.2) is 0 Å². The van der Waals surface area contributed by atoms with Crippen LogP contribution in [0.2, 0.25) is 0 Å². The number of benzene rings is 4. The minimum absolute atomic E-state index is 0.117. The Morgan fingerprint density at radius 3 is 1.50 bits per heavy atom. The second-order valence-electron chi connectivity index (χ2n) is 6.74. The first-order valence-electron chi connectivity index (χ1n) is 10.5. The maximum absolute atomic E-state index is 2.37. The minimum atomic E-state index is -0.117. The second-order valence-corrected chi connectivity index (χ2v) is 6.74. The second kappa shape index (κ2) is 8.44. The van der Waals surface area contributed by atoms with Gasteiger partial charge in [-0.05, 0) is 45.5 Å². The smallest absolute Gasteiger partial charge is 0.0441 e. The fourth-order valence-corrected chi connectivity index (χ4v) is 4.40. The van der Waals surface area contributed by atoms with Gasteiger partial charge in [0.25, 0.3) is 0 Å². The van der Waals surface area contributed by atoms with Gasteiger partial charge in [-0.1, -0.05) is 119 Å². The minimum Gasteiger partial charge on any atom is -0.0683 e. The predicted octanol–water partition coefficient (Wildman–Crippen LogP) is 8.23. The van der Waals surface area contributed by atoms with E-state index in [0.29, 0.717) is 0 Å². The van der Waals surface area contributed by atoms with Crippen molar-refractivity contribution < 1.29 is 0 Å². The van der Waals surface area contributed by atoms with Crippen LogP contribution < -0.4 is 0 Å². The fourth-order valence-electron chi connectivity index (χ4n) is 4.40. The maximum Gasteiger partial charge on any atom is 0.0441 e. The van der Waals surface area contributed by atoms with Crippen molar-refractivity contribution in [3.63, 3.8) is 0 Å². The van der Waals surface area contributed by atoms with Gasteiger partial charge in [0.05, 0.1) is 0 Å². The molecule has 0 aliphatic heterocycles. The van der Waals surface area contributed by atoms with Gasteiger partial charge >= 0.3 is 0 Å². The van der Waals surface area contributed by atoms with Crippen LogP contribution in [0.5, 0.6) is 0 Å². The molecule has 28 heavy (non-hydrogen) atoms. The summed E-state index contributed by atoms with van der Waals surface area (Å²) in [6.45, 7) is 10.4. The Morgan fingerprint density at radius 1 is 0.464 bits per heavy atom. The number of hydrogen-bond acceptors (Lipinski definition) is 0. The van der Waals surface area contributed by atoms with E-state index >= 15 is 0 Å². The third-order valence-electron chi connectivity index (χ3n) is 5.55. The molecule has 0 nitrogen and oxygen atoms in total. The normalized spacial score (nSPS) is 12.8. The lowest BCUT2D eigenvalue weighted by atomic mass is 9.73. The van der Waals surface area contributed by atoms with E-state index in [4.69, 9.17) is 0 Å². The first-order valence-corrected chi connectivity index (χ1v) is 10.5. The van der Waals surface area contributed by atoms with E-state index in [1.165, 1.54) is 38.6 Å². The average Bonchev–Trinajstić information content (AvgIpc) is 3.06. The maximum atomic E-state index is 2.37. The van der Waals surface area contributed by atoms with Crippen molar-refractivity contribution in [3.05, 3.63) is 108 Å². The zero-order chi connectivity index (χ0) is 20.1. The van der Waals surface area contributed by atoms with Crippen molar-refractivity contribution in [2.75, 3.05) is 0 Å². The van der Waals surface area contributed by atoms with Crippen molar-refractivity contribution >= 4 is 10.8 Å². The quantitative estimate of drug-likeness (QED) is 0.318. The van der Waals surface area contributed by atoms with Gasteiger partial charge < -0.3 is 0 Å². The average molecular weight is 367 g/mol. The summed E-state index contributed by atoms with van der Waals surface area (Å²) in [5, 5.41) is 2.65. The van der Waals surface area contributed by atoms with Gasteiger partial charge in [0.1, 0.15) is 0 Å². The monoisotopic (exact) mass is 366 g/mol. The zero-order valence-electron chi connectivity index (χ0n) is 17.7. The molecule has 1 aliphatic rings. The Hall–Kier alpha value is -2.86. The van der Waals surface area contributed by atoms with Gasteiger partial charge in [-0.3, -0.25) is 0 Å². The number of fused-ring (bicyclic) bond motifs is 4. The van der Waals surface area contributed by atoms with E-state index in [1.807, 2.05) is 27.7 Å². The highest BCUT2D eigenvalue weighted by molar-refractivity contribution is 5.92. The third-order valence-corrected chi connectivity index (χ3v) is 5.55. The molecule has 0 saturated carbocycles. The molecule has 142 valence electrons. The van der Waals surface area contributed by atoms with Crippen molar-refractivity contribution in [2.24, 2.45) is 0 Å². The lowest BCUT2D eigenvalue weighted by Crippen LogP contribution is -2.22. The van der Waals surface area contributed by atoms with E-state index in [9.17, 15) is 0 Å². The van der Waals surface area contributed by atoms with Crippen LogP contribution in [-0.2, 0) is 5.41 Å². The Bertz CT molecular complexity index is 1020. The summed E-state index contributed by atoms with van der Waals surface area (Å²) >= 11 is 0. The van der Waals surface area contributed by atoms with Gasteiger partial charge in [-0.15, -0.1) is 0 Å². The molecule has 0 radical (unpaired) electrons. The van der Waals surface area contributed by atoms with Crippen LogP contribution in [0.3, 0.4) is 0 Å². The molecule has 0 unspecified atom stereocenters. The topological polar surface area (TPSA) is 0 Å². The molecule has 0 fully saturated rings. The molecule has 0 amide bonds. The van der Waals surface area contributed by atoms with Crippen molar-refractivity contribution in [1.29, 1.82) is 0 Å². The molecule has 0 atom stereocenters. The van der Waals surface area contributed by atoms with Crippen molar-refractivity contribution in [3.8, 4) is 11.1 Å². The standard InChI is InChI=1S/C24H18.2C2H6/c1-24(21-16-8-10-17-9-2-3-11-18(17)21)22-14-6-4-12-19(22)20-13-5-7-15-23(20)24;2*1-2/h2-16H,1H3;2*1-2H3. The summed E-state index contributed by atoms with van der Waals surface area (Å²) in [5.41, 5.74) is 6.81. The fraction of sp³-hybridized carbons (Fsp3) is 0.214. The summed E-state index contributed by atoms with van der Waals surface area (Å²) in [4.78, 5) is 0. The van der Waals surface area contributed by atoms with Crippen LogP contribution in [0.1, 0.15) is 51.3 Å². The molecule has 4 aromatic carbocycles. The van der Waals surface area contributed by atoms with E-state index in [-0.39, 0.29) is 5.41 Å². The summed E-state index contributed by atoms with van der Waals surface area (Å²) in [5.74, 6) is 0. The molecule has 0 heteroatoms. The largest absolute Gasteiger partial charge is 0.0683 e. The highest BCUT2D eigenvalue weighted by atomic mass is 14.4. The molecule has 0 N–H and O–H groups in total. The van der Waals surface area contributed by atoms with Gasteiger partial charge in [-0.2, -0.15) is 0 Å². The molecule has 0 saturated heterocycles. The van der Waals surface area contributed by atoms with Crippen LogP contribution in [0.15, 0.2) is 91.0 Å². The lowest BCUT2D eigenvalue weighted by molar-refractivity contribution is 0.721. The first kappa shape index (κ1) is 19.9. The Morgan fingerprint density at radius 2 is 0.893 bits per heavy atom. The first-order chi connectivity index (χ1) is 13.8. The third kappa shape index (κ3) is 2.94. The van der Waals surface area contributed by atoms with E-state index in [1.54, 1.807) is 0 Å². The van der Waals surface area contributed by atoms with Crippen molar-refractivity contribution in [1.82, 2.24) is 0 Å². The summed E-state index contributed by atoms with van der Waals surface area (Å²) in [7, 11) is 0. The summed E-state index contributed by atoms with van der Waals surface area (Å²) in [6.07, 6.45) is 0. The molecular weight excluding hydrogens is 336 g/mol. The highest BCUT2D eigenvalue weighted by Crippen LogP contribution is 2.53. The van der Waals surface area contributed by atoms with E-state index in [2.05, 4.69) is 97.9 Å². The molecular formula is C28H30. The van der Waals surface area contributed by atoms with Crippen LogP contribution in [0.25, 0.3) is 21.9 Å². The Balaban J connectivity index is 0.000000531. The van der Waals surface area contributed by atoms with Crippen LogP contribution >= 0.6 is 0 Å². The molecule has 0 bridgehead atoms.